The molecule has 1 aromatic carbocycles. The number of rotatable bonds is 2. The third-order valence-electron chi connectivity index (χ3n) is 2.38. The monoisotopic (exact) mass is 295 g/mol. The molecule has 1 heterocycles. The van der Waals surface area contributed by atoms with Gasteiger partial charge in [-0.25, -0.2) is 0 Å². The summed E-state index contributed by atoms with van der Waals surface area (Å²) >= 11 is 5.83. The fraction of sp³-hybridized carbons (Fsp3) is 0.286. The first-order valence-corrected chi connectivity index (χ1v) is 6.60. The van der Waals surface area contributed by atoms with Crippen molar-refractivity contribution < 1.29 is 0 Å². The van der Waals surface area contributed by atoms with Crippen LogP contribution in [0.5, 0.6) is 0 Å². The molecule has 5 nitrogen and oxygen atoms in total. The van der Waals surface area contributed by atoms with Crippen molar-refractivity contribution in [2.45, 2.75) is 6.92 Å². The highest BCUT2D eigenvalue weighted by Gasteiger charge is 2.03. The van der Waals surface area contributed by atoms with Crippen LogP contribution in [0.4, 0.5) is 5.69 Å². The number of aromatic nitrogens is 1. The van der Waals surface area contributed by atoms with Crippen molar-refractivity contribution in [2.24, 2.45) is 0 Å². The molecule has 0 radical (unpaired) electrons. The average Bonchev–Trinajstić information content (AvgIpc) is 2.49. The van der Waals surface area contributed by atoms with Crippen LogP contribution in [0.1, 0.15) is 6.92 Å². The second-order valence-corrected chi connectivity index (χ2v) is 4.53. The summed E-state index contributed by atoms with van der Waals surface area (Å²) in [5.74, 6) is 0. The van der Waals surface area contributed by atoms with Crippen molar-refractivity contribution in [1.29, 1.82) is 0 Å². The Morgan fingerprint density at radius 3 is 2.45 bits per heavy atom. The van der Waals surface area contributed by atoms with Gasteiger partial charge in [-0.15, -0.1) is 0 Å². The fourth-order valence-electron chi connectivity index (χ4n) is 1.62. The highest BCUT2D eigenvalue weighted by Crippen LogP contribution is 2.13. The molecule has 0 aliphatic carbocycles. The Hall–Kier alpha value is -1.85. The lowest BCUT2D eigenvalue weighted by Gasteiger charge is -1.95. The highest BCUT2D eigenvalue weighted by atomic mass is 35.5. The van der Waals surface area contributed by atoms with E-state index in [1.165, 1.54) is 6.07 Å². The lowest BCUT2D eigenvalue weighted by atomic mass is 10.2. The second-order valence-electron chi connectivity index (χ2n) is 4.10. The van der Waals surface area contributed by atoms with Crippen molar-refractivity contribution in [3.8, 4) is 0 Å². The maximum Gasteiger partial charge on any atom is 0.271 e. The van der Waals surface area contributed by atoms with Crippen LogP contribution in [0.2, 0.25) is 5.02 Å². The van der Waals surface area contributed by atoms with Crippen LogP contribution in [-0.2, 0) is 0 Å². The molecule has 0 aliphatic rings. The Bertz CT molecular complexity index is 698. The van der Waals surface area contributed by atoms with E-state index in [1.54, 1.807) is 18.2 Å². The van der Waals surface area contributed by atoms with Gasteiger partial charge in [0.05, 0.1) is 5.52 Å². The molecular weight excluding hydrogens is 278 g/mol. The van der Waals surface area contributed by atoms with Gasteiger partial charge < -0.3 is 15.6 Å². The fourth-order valence-corrected chi connectivity index (χ4v) is 1.79. The van der Waals surface area contributed by atoms with Gasteiger partial charge in [-0.3, -0.25) is 9.59 Å². The smallest absolute Gasteiger partial charge is 0.271 e. The van der Waals surface area contributed by atoms with Crippen molar-refractivity contribution in [2.75, 3.05) is 26.0 Å². The lowest BCUT2D eigenvalue weighted by molar-refractivity contribution is 1.02. The molecule has 3 N–H and O–H groups in total. The number of aromatic amines is 1. The molecule has 6 heteroatoms. The van der Waals surface area contributed by atoms with E-state index in [1.807, 2.05) is 21.0 Å². The minimum Gasteiger partial charge on any atom is -0.381 e. The third-order valence-corrected chi connectivity index (χ3v) is 2.62. The summed E-state index contributed by atoms with van der Waals surface area (Å²) in [6, 6.07) is 6.09. The van der Waals surface area contributed by atoms with Gasteiger partial charge in [0, 0.05) is 23.0 Å². The van der Waals surface area contributed by atoms with Crippen LogP contribution < -0.4 is 21.6 Å². The Labute approximate surface area is 122 Å². The van der Waals surface area contributed by atoms with E-state index < -0.39 is 0 Å². The summed E-state index contributed by atoms with van der Waals surface area (Å²) in [7, 11) is 3.75. The normalized spacial score (nSPS) is 9.80. The number of benzene rings is 1. The van der Waals surface area contributed by atoms with Gasteiger partial charge in [0.1, 0.15) is 5.69 Å². The minimum absolute atomic E-state index is 0.217. The Morgan fingerprint density at radius 2 is 1.85 bits per heavy atom. The number of halogens is 1. The number of H-pyrrole nitrogens is 1. The van der Waals surface area contributed by atoms with E-state index in [-0.39, 0.29) is 16.7 Å². The molecule has 0 amide bonds. The molecule has 0 spiro atoms. The zero-order valence-corrected chi connectivity index (χ0v) is 12.5. The van der Waals surface area contributed by atoms with Gasteiger partial charge >= 0.3 is 0 Å². The molecule has 0 saturated carbocycles. The SMILES string of the molecule is CCNc1cc(=O)c2ccc(Cl)cc2[nH]c1=O.CNC. The number of hydrogen-bond acceptors (Lipinski definition) is 4. The molecule has 0 atom stereocenters. The number of fused-ring (bicyclic) bond motifs is 1. The summed E-state index contributed by atoms with van der Waals surface area (Å²) in [6.07, 6.45) is 0. The standard InChI is InChI=1S/C12H11ClN2O2.C2H7N/c1-2-14-10-6-11(16)8-4-3-7(13)5-9(8)15-12(10)17;1-3-2/h3-6,14H,2H2,1H3,(H,15,17);3H,1-2H3. The van der Waals surface area contributed by atoms with Crippen molar-refractivity contribution in [3.63, 3.8) is 0 Å². The molecule has 1 aromatic heterocycles. The third kappa shape index (κ3) is 4.08. The molecule has 2 rings (SSSR count). The van der Waals surface area contributed by atoms with Crippen molar-refractivity contribution in [1.82, 2.24) is 10.3 Å². The Morgan fingerprint density at radius 1 is 1.20 bits per heavy atom. The van der Waals surface area contributed by atoms with Crippen molar-refractivity contribution >= 4 is 28.2 Å². The quantitative estimate of drug-likeness (QED) is 0.790. The van der Waals surface area contributed by atoms with Gasteiger partial charge in [0.25, 0.3) is 5.56 Å². The molecule has 2 aromatic rings. The predicted octanol–water partition coefficient (Wildman–Crippen LogP) is 1.81. The largest absolute Gasteiger partial charge is 0.381 e. The van der Waals surface area contributed by atoms with Gasteiger partial charge in [-0.2, -0.15) is 0 Å². The zero-order valence-electron chi connectivity index (χ0n) is 11.7. The summed E-state index contributed by atoms with van der Waals surface area (Å²) in [4.78, 5) is 26.3. The topological polar surface area (TPSA) is 74.0 Å². The molecule has 0 unspecified atom stereocenters. The first-order valence-electron chi connectivity index (χ1n) is 6.22. The van der Waals surface area contributed by atoms with Gasteiger partial charge in [0.2, 0.25) is 0 Å². The van der Waals surface area contributed by atoms with E-state index in [0.29, 0.717) is 22.5 Å². The molecule has 0 aliphatic heterocycles. The number of nitrogens with one attached hydrogen (secondary N) is 3. The minimum atomic E-state index is -0.332. The van der Waals surface area contributed by atoms with E-state index in [9.17, 15) is 9.59 Å². The van der Waals surface area contributed by atoms with Crippen LogP contribution >= 0.6 is 11.6 Å². The van der Waals surface area contributed by atoms with Gasteiger partial charge in [-0.1, -0.05) is 11.6 Å². The number of anilines is 1. The number of hydrogen-bond donors (Lipinski definition) is 3. The van der Waals surface area contributed by atoms with E-state index in [0.717, 1.165) is 0 Å². The lowest BCUT2D eigenvalue weighted by Crippen LogP contribution is -2.11. The summed E-state index contributed by atoms with van der Waals surface area (Å²) in [6.45, 7) is 2.43. The highest BCUT2D eigenvalue weighted by molar-refractivity contribution is 6.31. The van der Waals surface area contributed by atoms with Crippen LogP contribution in [0.25, 0.3) is 10.9 Å². The maximum atomic E-state index is 11.9. The molecule has 20 heavy (non-hydrogen) atoms. The first-order chi connectivity index (χ1) is 9.53. The summed E-state index contributed by atoms with van der Waals surface area (Å²) in [5, 5.41) is 6.52. The van der Waals surface area contributed by atoms with Crippen LogP contribution in [0.15, 0.2) is 33.9 Å². The Kier molecular flexibility index (Phi) is 6.21. The molecule has 0 saturated heterocycles. The molecular formula is C14H18ClN3O2. The van der Waals surface area contributed by atoms with Crippen LogP contribution in [-0.4, -0.2) is 25.6 Å². The second kappa shape index (κ2) is 7.67. The zero-order chi connectivity index (χ0) is 15.1. The molecule has 0 fully saturated rings. The van der Waals surface area contributed by atoms with E-state index >= 15 is 0 Å². The van der Waals surface area contributed by atoms with Gasteiger partial charge in [-0.05, 0) is 39.2 Å². The van der Waals surface area contributed by atoms with E-state index in [4.69, 9.17) is 11.6 Å². The Balaban J connectivity index is 0.000000612. The summed E-state index contributed by atoms with van der Waals surface area (Å²) in [5.41, 5.74) is 0.161. The average molecular weight is 296 g/mol. The van der Waals surface area contributed by atoms with Crippen LogP contribution in [0.3, 0.4) is 0 Å². The summed E-state index contributed by atoms with van der Waals surface area (Å²) < 4.78 is 0. The first kappa shape index (κ1) is 16.2. The molecule has 0 bridgehead atoms. The maximum absolute atomic E-state index is 11.9. The van der Waals surface area contributed by atoms with Gasteiger partial charge in [0.15, 0.2) is 5.43 Å². The molecule has 108 valence electrons. The predicted molar refractivity (Wildman–Crippen MR) is 85.0 cm³/mol. The van der Waals surface area contributed by atoms with Crippen molar-refractivity contribution in [3.05, 3.63) is 49.9 Å². The van der Waals surface area contributed by atoms with E-state index in [2.05, 4.69) is 15.6 Å². The van der Waals surface area contributed by atoms with Crippen LogP contribution in [0, 0.1) is 0 Å².